The fraction of sp³-hybridized carbons (Fsp3) is 0.636. The summed E-state index contributed by atoms with van der Waals surface area (Å²) in [6.07, 6.45) is 3.76. The van der Waals surface area contributed by atoms with Gasteiger partial charge in [-0.2, -0.15) is 5.10 Å². The van der Waals surface area contributed by atoms with Crippen molar-refractivity contribution in [2.24, 2.45) is 7.05 Å². The first-order chi connectivity index (χ1) is 7.65. The van der Waals surface area contributed by atoms with Gasteiger partial charge in [0.25, 0.3) is 0 Å². The zero-order chi connectivity index (χ0) is 12.0. The molecule has 0 fully saturated rings. The van der Waals surface area contributed by atoms with Crippen LogP contribution >= 0.6 is 0 Å². The van der Waals surface area contributed by atoms with Crippen molar-refractivity contribution >= 4 is 11.7 Å². The van der Waals surface area contributed by atoms with Gasteiger partial charge in [0.2, 0.25) is 5.91 Å². The number of hydrogen-bond donors (Lipinski definition) is 2. The van der Waals surface area contributed by atoms with E-state index in [0.29, 0.717) is 0 Å². The second-order valence-electron chi connectivity index (χ2n) is 3.81. The Hall–Kier alpha value is -1.52. The van der Waals surface area contributed by atoms with Crippen molar-refractivity contribution in [2.75, 3.05) is 11.9 Å². The molecule has 0 aliphatic heterocycles. The van der Waals surface area contributed by atoms with Crippen molar-refractivity contribution in [1.29, 1.82) is 0 Å². The Morgan fingerprint density at radius 1 is 1.50 bits per heavy atom. The Morgan fingerprint density at radius 2 is 2.19 bits per heavy atom. The van der Waals surface area contributed by atoms with Gasteiger partial charge in [-0.05, 0) is 12.8 Å². The quantitative estimate of drug-likeness (QED) is 0.761. The first kappa shape index (κ1) is 12.5. The Balaban J connectivity index is 2.30. The van der Waals surface area contributed by atoms with Crippen molar-refractivity contribution < 1.29 is 4.79 Å². The van der Waals surface area contributed by atoms with Crippen molar-refractivity contribution in [3.05, 3.63) is 12.3 Å². The molecule has 5 heteroatoms. The van der Waals surface area contributed by atoms with E-state index in [9.17, 15) is 4.79 Å². The van der Waals surface area contributed by atoms with Gasteiger partial charge in [-0.25, -0.2) is 0 Å². The number of anilines is 1. The molecule has 5 nitrogen and oxygen atoms in total. The van der Waals surface area contributed by atoms with Gasteiger partial charge >= 0.3 is 0 Å². The van der Waals surface area contributed by atoms with Crippen LogP contribution in [0.2, 0.25) is 0 Å². The molecule has 90 valence electrons. The summed E-state index contributed by atoms with van der Waals surface area (Å²) in [7, 11) is 1.84. The first-order valence-electron chi connectivity index (χ1n) is 5.68. The lowest BCUT2D eigenvalue weighted by Gasteiger charge is -2.14. The number of aromatic nitrogens is 2. The zero-order valence-corrected chi connectivity index (χ0v) is 10.2. The van der Waals surface area contributed by atoms with Crippen LogP contribution in [0.1, 0.15) is 26.7 Å². The number of aryl methyl sites for hydroxylation is 1. The third-order valence-corrected chi connectivity index (χ3v) is 2.49. The number of rotatable bonds is 6. The standard InChI is InChI=1S/C11H20N4O/c1-4-9(5-2)13-11(16)8-12-10-6-7-15(3)14-10/h6-7,9H,4-5,8H2,1-3H3,(H,12,14)(H,13,16). The molecule has 0 radical (unpaired) electrons. The van der Waals surface area contributed by atoms with Gasteiger partial charge in [-0.3, -0.25) is 9.48 Å². The predicted octanol–water partition coefficient (Wildman–Crippen LogP) is 1.14. The van der Waals surface area contributed by atoms with E-state index in [4.69, 9.17) is 0 Å². The molecule has 0 unspecified atom stereocenters. The van der Waals surface area contributed by atoms with E-state index in [1.165, 1.54) is 0 Å². The Bertz CT molecular complexity index is 330. The lowest BCUT2D eigenvalue weighted by molar-refractivity contribution is -0.120. The van der Waals surface area contributed by atoms with Crippen molar-refractivity contribution in [3.63, 3.8) is 0 Å². The van der Waals surface area contributed by atoms with Gasteiger partial charge in [0.15, 0.2) is 0 Å². The molecule has 0 aromatic carbocycles. The van der Waals surface area contributed by atoms with Gasteiger partial charge in [-0.1, -0.05) is 13.8 Å². The third-order valence-electron chi connectivity index (χ3n) is 2.49. The molecule has 16 heavy (non-hydrogen) atoms. The molecule has 1 amide bonds. The Morgan fingerprint density at radius 3 is 2.69 bits per heavy atom. The minimum absolute atomic E-state index is 0.0133. The molecule has 0 saturated heterocycles. The highest BCUT2D eigenvalue weighted by Gasteiger charge is 2.08. The van der Waals surface area contributed by atoms with E-state index >= 15 is 0 Å². The van der Waals surface area contributed by atoms with Crippen molar-refractivity contribution in [3.8, 4) is 0 Å². The van der Waals surface area contributed by atoms with E-state index in [1.54, 1.807) is 4.68 Å². The van der Waals surface area contributed by atoms with E-state index in [0.717, 1.165) is 18.7 Å². The van der Waals surface area contributed by atoms with Crippen LogP contribution in [0.3, 0.4) is 0 Å². The van der Waals surface area contributed by atoms with E-state index in [2.05, 4.69) is 29.6 Å². The average Bonchev–Trinajstić information content (AvgIpc) is 2.69. The molecule has 0 spiro atoms. The zero-order valence-electron chi connectivity index (χ0n) is 10.2. The lowest BCUT2D eigenvalue weighted by atomic mass is 10.2. The van der Waals surface area contributed by atoms with Crippen LogP contribution in [0, 0.1) is 0 Å². The summed E-state index contributed by atoms with van der Waals surface area (Å²) in [6, 6.07) is 2.11. The van der Waals surface area contributed by atoms with E-state index in [1.807, 2.05) is 19.3 Å². The minimum Gasteiger partial charge on any atom is -0.360 e. The molecule has 1 rings (SSSR count). The number of amides is 1. The highest BCUT2D eigenvalue weighted by atomic mass is 16.1. The molecule has 0 saturated carbocycles. The van der Waals surface area contributed by atoms with Crippen molar-refractivity contribution in [1.82, 2.24) is 15.1 Å². The Labute approximate surface area is 96.2 Å². The summed E-state index contributed by atoms with van der Waals surface area (Å²) in [4.78, 5) is 11.5. The molecule has 2 N–H and O–H groups in total. The van der Waals surface area contributed by atoms with Crippen LogP contribution in [0.5, 0.6) is 0 Å². The van der Waals surface area contributed by atoms with Gasteiger partial charge in [-0.15, -0.1) is 0 Å². The molecular weight excluding hydrogens is 204 g/mol. The predicted molar refractivity (Wildman–Crippen MR) is 64.2 cm³/mol. The lowest BCUT2D eigenvalue weighted by Crippen LogP contribution is -2.37. The molecule has 0 atom stereocenters. The van der Waals surface area contributed by atoms with Crippen LogP contribution in [0.25, 0.3) is 0 Å². The smallest absolute Gasteiger partial charge is 0.239 e. The number of carbonyl (C=O) groups is 1. The summed E-state index contributed by atoms with van der Waals surface area (Å²) < 4.78 is 1.70. The molecule has 0 bridgehead atoms. The van der Waals surface area contributed by atoms with Crippen LogP contribution in [-0.2, 0) is 11.8 Å². The van der Waals surface area contributed by atoms with Gasteiger partial charge in [0, 0.05) is 25.4 Å². The number of nitrogens with zero attached hydrogens (tertiary/aromatic N) is 2. The second-order valence-corrected chi connectivity index (χ2v) is 3.81. The molecule has 1 aromatic heterocycles. The number of nitrogens with one attached hydrogen (secondary N) is 2. The third kappa shape index (κ3) is 3.92. The minimum atomic E-state index is 0.0133. The Kier molecular flexibility index (Phi) is 4.82. The van der Waals surface area contributed by atoms with Gasteiger partial charge in [0.05, 0.1) is 6.54 Å². The maximum atomic E-state index is 11.5. The van der Waals surface area contributed by atoms with Crippen molar-refractivity contribution in [2.45, 2.75) is 32.7 Å². The monoisotopic (exact) mass is 224 g/mol. The highest BCUT2D eigenvalue weighted by molar-refractivity contribution is 5.80. The fourth-order valence-corrected chi connectivity index (χ4v) is 1.45. The molecule has 1 aromatic rings. The number of carbonyl (C=O) groups excluding carboxylic acids is 1. The number of hydrogen-bond acceptors (Lipinski definition) is 3. The maximum absolute atomic E-state index is 11.5. The van der Waals surface area contributed by atoms with Gasteiger partial charge in [0.1, 0.15) is 5.82 Å². The van der Waals surface area contributed by atoms with E-state index in [-0.39, 0.29) is 18.5 Å². The topological polar surface area (TPSA) is 59.0 Å². The molecular formula is C11H20N4O. The normalized spacial score (nSPS) is 10.5. The molecule has 0 aliphatic rings. The summed E-state index contributed by atoms with van der Waals surface area (Å²) in [5.74, 6) is 0.738. The maximum Gasteiger partial charge on any atom is 0.239 e. The highest BCUT2D eigenvalue weighted by Crippen LogP contribution is 2.00. The average molecular weight is 224 g/mol. The summed E-state index contributed by atoms with van der Waals surface area (Å²) in [5.41, 5.74) is 0. The van der Waals surface area contributed by atoms with Crippen LogP contribution in [-0.4, -0.2) is 28.3 Å². The molecule has 0 aliphatic carbocycles. The van der Waals surface area contributed by atoms with Gasteiger partial charge < -0.3 is 10.6 Å². The summed E-state index contributed by atoms with van der Waals surface area (Å²) in [5, 5.41) is 10.1. The second kappa shape index (κ2) is 6.15. The molecule has 1 heterocycles. The summed E-state index contributed by atoms with van der Waals surface area (Å²) >= 11 is 0. The summed E-state index contributed by atoms with van der Waals surface area (Å²) in [6.45, 7) is 4.41. The largest absolute Gasteiger partial charge is 0.360 e. The van der Waals surface area contributed by atoms with Crippen LogP contribution in [0.15, 0.2) is 12.3 Å². The van der Waals surface area contributed by atoms with Crippen LogP contribution in [0.4, 0.5) is 5.82 Å². The first-order valence-corrected chi connectivity index (χ1v) is 5.68. The van der Waals surface area contributed by atoms with Crippen LogP contribution < -0.4 is 10.6 Å². The van der Waals surface area contributed by atoms with E-state index < -0.39 is 0 Å². The SMILES string of the molecule is CCC(CC)NC(=O)CNc1ccn(C)n1. The fourth-order valence-electron chi connectivity index (χ4n) is 1.45.